The van der Waals surface area contributed by atoms with Gasteiger partial charge in [0.15, 0.2) is 5.67 Å². The van der Waals surface area contributed by atoms with Gasteiger partial charge in [-0.05, 0) is 107 Å². The maximum absolute atomic E-state index is 14.7. The number of carbonyl (C=O) groups is 4. The smallest absolute Gasteiger partial charge is 0.258 e. The Morgan fingerprint density at radius 3 is 2.46 bits per heavy atom. The number of ether oxygens (including phenoxy) is 1. The van der Waals surface area contributed by atoms with Crippen LogP contribution in [0, 0.1) is 18.3 Å². The highest BCUT2D eigenvalue weighted by atomic mass is 35.5. The van der Waals surface area contributed by atoms with Crippen LogP contribution in [0.25, 0.3) is 10.4 Å². The fourth-order valence-corrected chi connectivity index (χ4v) is 11.4. The third-order valence-corrected chi connectivity index (χ3v) is 16.7. The Labute approximate surface area is 434 Å². The van der Waals surface area contributed by atoms with E-state index in [9.17, 15) is 28.7 Å². The molecule has 0 spiro atoms. The van der Waals surface area contributed by atoms with Gasteiger partial charge in [0.1, 0.15) is 28.7 Å². The molecule has 1 saturated carbocycles. The number of aliphatic hydroxyl groups is 1. The van der Waals surface area contributed by atoms with Crippen molar-refractivity contribution in [3.05, 3.63) is 70.6 Å². The van der Waals surface area contributed by atoms with Gasteiger partial charge in [0.2, 0.25) is 17.7 Å². The molecule has 2 aromatic heterocycles. The predicted molar refractivity (Wildman–Crippen MR) is 279 cm³/mol. The summed E-state index contributed by atoms with van der Waals surface area (Å²) >= 11 is 9.76. The molecule has 1 aliphatic carbocycles. The molecule has 388 valence electrons. The number of amides is 4. The molecule has 4 aromatic rings. The topological polar surface area (TPSA) is 208 Å². The van der Waals surface area contributed by atoms with Crippen molar-refractivity contribution in [1.29, 1.82) is 0 Å². The zero-order chi connectivity index (χ0) is 51.4. The van der Waals surface area contributed by atoms with Gasteiger partial charge in [0.05, 0.1) is 51.9 Å². The number of hydrogen-bond donors (Lipinski definition) is 5. The number of anilines is 2. The molecule has 6 N–H and O–H groups in total. The monoisotopic (exact) mass is 1050 g/mol. The average Bonchev–Trinajstić information content (AvgIpc) is 3.75. The minimum atomic E-state index is -1.97. The zero-order valence-corrected chi connectivity index (χ0v) is 44.2. The predicted octanol–water partition coefficient (Wildman–Crippen LogP) is 7.15. The van der Waals surface area contributed by atoms with Crippen LogP contribution in [0.4, 0.5) is 15.9 Å². The van der Waals surface area contributed by atoms with E-state index in [1.54, 1.807) is 38.7 Å². The van der Waals surface area contributed by atoms with Crippen LogP contribution < -0.4 is 31.3 Å². The highest BCUT2D eigenvalue weighted by Crippen LogP contribution is 2.41. The standard InChI is InChI=1S/C52H68ClFN10O6S2/c1-32-45(71-31-59-32)34-10-11-35(27-58-47(67)38-26-36(65)30-64(38)48(68)46(50(2,3)4)61-49(69)52(54)14-15-52)39(25-34)70-23-7-18-62-19-12-33(13-20-62)24-42(66)60-37-8-6-9-40(44(37)53)72-43-29-56-41(28-57-43)63-21-16-51(5,55)17-22-63/h6,8-11,25,28-29,31,33,36,38,46,65H,7,12-24,26-27,30,55H2,1-5H3,(H,58,67)(H,60,66)(H,61,69)/t36?,38?,46-/m1/s1. The minimum Gasteiger partial charge on any atom is -0.493 e. The summed E-state index contributed by atoms with van der Waals surface area (Å²) in [6.45, 7) is 14.0. The molecule has 0 radical (unpaired) electrons. The van der Waals surface area contributed by atoms with Crippen molar-refractivity contribution >= 4 is 69.8 Å². The second-order valence-electron chi connectivity index (χ2n) is 21.3. The summed E-state index contributed by atoms with van der Waals surface area (Å²) in [5.74, 6) is -0.204. The molecule has 20 heteroatoms. The highest BCUT2D eigenvalue weighted by Gasteiger charge is 2.53. The zero-order valence-electron chi connectivity index (χ0n) is 41.8. The number of benzene rings is 2. The van der Waals surface area contributed by atoms with Gasteiger partial charge in [-0.2, -0.15) is 0 Å². The number of carbonyl (C=O) groups excluding carboxylic acids is 4. The second-order valence-corrected chi connectivity index (χ2v) is 23.5. The lowest BCUT2D eigenvalue weighted by atomic mass is 9.85. The first-order chi connectivity index (χ1) is 34.2. The minimum absolute atomic E-state index is 0.0264. The normalized spacial score (nSPS) is 20.5. The quantitative estimate of drug-likeness (QED) is 0.0629. The molecular weight excluding hydrogens is 979 g/mol. The first-order valence-electron chi connectivity index (χ1n) is 25.0. The number of aryl methyl sites for hydroxylation is 1. The number of alkyl halides is 1. The van der Waals surface area contributed by atoms with Gasteiger partial charge in [-0.3, -0.25) is 19.2 Å². The van der Waals surface area contributed by atoms with E-state index in [-0.39, 0.29) is 49.7 Å². The number of hydrogen-bond acceptors (Lipinski definition) is 14. The maximum Gasteiger partial charge on any atom is 0.258 e. The van der Waals surface area contributed by atoms with Crippen molar-refractivity contribution in [1.82, 2.24) is 35.4 Å². The number of thiazole rings is 1. The lowest BCUT2D eigenvalue weighted by molar-refractivity contribution is -0.145. The number of aliphatic hydroxyl groups excluding tert-OH is 1. The first-order valence-corrected chi connectivity index (χ1v) is 27.1. The maximum atomic E-state index is 14.7. The Morgan fingerprint density at radius 2 is 1.79 bits per heavy atom. The fourth-order valence-electron chi connectivity index (χ4n) is 9.49. The molecule has 8 rings (SSSR count). The molecule has 3 saturated heterocycles. The van der Waals surface area contributed by atoms with E-state index in [4.69, 9.17) is 22.1 Å². The van der Waals surface area contributed by atoms with Crippen molar-refractivity contribution in [3.63, 3.8) is 0 Å². The molecule has 5 heterocycles. The van der Waals surface area contributed by atoms with Crippen LogP contribution in [0.2, 0.25) is 5.02 Å². The second kappa shape index (κ2) is 22.7. The Kier molecular flexibility index (Phi) is 16.8. The molecule has 4 aliphatic rings. The summed E-state index contributed by atoms with van der Waals surface area (Å²) < 4.78 is 21.1. The molecule has 72 heavy (non-hydrogen) atoms. The van der Waals surface area contributed by atoms with Crippen molar-refractivity contribution < 1.29 is 33.4 Å². The van der Waals surface area contributed by atoms with E-state index in [1.165, 1.54) is 28.0 Å². The van der Waals surface area contributed by atoms with Crippen LogP contribution in [0.5, 0.6) is 5.75 Å². The molecule has 3 aliphatic heterocycles. The number of piperidine rings is 2. The summed E-state index contributed by atoms with van der Waals surface area (Å²) in [5, 5.41) is 20.5. The summed E-state index contributed by atoms with van der Waals surface area (Å²) in [7, 11) is 0. The van der Waals surface area contributed by atoms with E-state index in [2.05, 4.69) is 47.6 Å². The van der Waals surface area contributed by atoms with Gasteiger partial charge in [-0.25, -0.2) is 19.3 Å². The van der Waals surface area contributed by atoms with Crippen LogP contribution in [0.3, 0.4) is 0 Å². The largest absolute Gasteiger partial charge is 0.493 e. The van der Waals surface area contributed by atoms with Gasteiger partial charge >= 0.3 is 0 Å². The third kappa shape index (κ3) is 13.4. The molecule has 0 bridgehead atoms. The van der Waals surface area contributed by atoms with Crippen molar-refractivity contribution in [2.24, 2.45) is 17.1 Å². The van der Waals surface area contributed by atoms with Gasteiger partial charge in [0.25, 0.3) is 5.91 Å². The van der Waals surface area contributed by atoms with Gasteiger partial charge in [-0.15, -0.1) is 11.3 Å². The molecule has 2 aromatic carbocycles. The number of aromatic nitrogens is 3. The number of likely N-dealkylation sites (tertiary alicyclic amines) is 2. The van der Waals surface area contributed by atoms with Crippen LogP contribution in [-0.4, -0.2) is 129 Å². The van der Waals surface area contributed by atoms with Crippen molar-refractivity contribution in [3.8, 4) is 16.2 Å². The summed E-state index contributed by atoms with van der Waals surface area (Å²) in [4.78, 5) is 75.3. The molecule has 4 amide bonds. The SMILES string of the molecule is Cc1ncsc1-c1ccc(CNC(=O)C2CC(O)CN2C(=O)[C@@H](NC(=O)C2(F)CC2)C(C)(C)C)c(OCCCN2CCC(CC(=O)Nc3cccc(Sc4cnc(N5CCC(C)(N)CC5)cn4)c3Cl)CC2)c1. The van der Waals surface area contributed by atoms with Crippen LogP contribution in [-0.2, 0) is 25.7 Å². The van der Waals surface area contributed by atoms with Crippen molar-refractivity contribution in [2.45, 2.75) is 138 Å². The summed E-state index contributed by atoms with van der Waals surface area (Å²) in [6, 6.07) is 9.36. The molecular formula is C52H68ClFN10O6S2. The van der Waals surface area contributed by atoms with E-state index >= 15 is 0 Å². The summed E-state index contributed by atoms with van der Waals surface area (Å²) in [5.41, 5.74) is 8.34. The van der Waals surface area contributed by atoms with E-state index in [1.807, 2.05) is 43.3 Å². The number of nitrogens with one attached hydrogen (secondary N) is 3. The molecule has 4 fully saturated rings. The Bertz CT molecular complexity index is 2580. The van der Waals surface area contributed by atoms with Gasteiger partial charge < -0.3 is 46.2 Å². The van der Waals surface area contributed by atoms with Crippen LogP contribution >= 0.6 is 34.7 Å². The number of halogens is 2. The van der Waals surface area contributed by atoms with E-state index in [0.717, 1.165) is 97.2 Å². The van der Waals surface area contributed by atoms with Crippen LogP contribution in [0.15, 0.2) is 64.2 Å². The highest BCUT2D eigenvalue weighted by molar-refractivity contribution is 7.99. The fraction of sp³-hybridized carbons (Fsp3) is 0.558. The Balaban J connectivity index is 0.803. The van der Waals surface area contributed by atoms with Gasteiger partial charge in [0, 0.05) is 61.6 Å². The lowest BCUT2D eigenvalue weighted by Gasteiger charge is -2.37. The Hall–Kier alpha value is -4.92. The van der Waals surface area contributed by atoms with E-state index in [0.29, 0.717) is 34.5 Å². The van der Waals surface area contributed by atoms with E-state index < -0.39 is 47.0 Å². The molecule has 2 unspecified atom stereocenters. The van der Waals surface area contributed by atoms with Crippen LogP contribution in [0.1, 0.15) is 96.7 Å². The number of rotatable bonds is 18. The number of nitrogens with zero attached hydrogens (tertiary/aromatic N) is 6. The third-order valence-electron chi connectivity index (χ3n) is 14.2. The molecule has 3 atom stereocenters. The average molecular weight is 1050 g/mol. The number of nitrogens with two attached hydrogens (primary N) is 1. The van der Waals surface area contributed by atoms with Gasteiger partial charge in [-0.1, -0.05) is 62.3 Å². The number of β-amino-alcohol motifs (C(OH)–C–C–N with tert-alkyl or cyclic N) is 1. The Morgan fingerprint density at radius 1 is 1.04 bits per heavy atom. The lowest BCUT2D eigenvalue weighted by Crippen LogP contribution is -2.59. The molecule has 16 nitrogen and oxygen atoms in total. The summed E-state index contributed by atoms with van der Waals surface area (Å²) in [6.07, 6.45) is 7.57. The van der Waals surface area contributed by atoms with Crippen molar-refractivity contribution in [2.75, 3.05) is 56.1 Å². The first kappa shape index (κ1) is 53.4.